The summed E-state index contributed by atoms with van der Waals surface area (Å²) in [6.07, 6.45) is 6.02. The SMILES string of the molecule is CCCCCCCC(=O)c1cc(C)cc(Cl)c1O. The molecule has 0 spiro atoms. The van der Waals surface area contributed by atoms with E-state index >= 15 is 0 Å². The van der Waals surface area contributed by atoms with E-state index in [1.165, 1.54) is 19.3 Å². The average molecular weight is 269 g/mol. The number of carbonyl (C=O) groups excluding carboxylic acids is 1. The highest BCUT2D eigenvalue weighted by atomic mass is 35.5. The van der Waals surface area contributed by atoms with Crippen molar-refractivity contribution in [2.45, 2.75) is 52.4 Å². The molecule has 18 heavy (non-hydrogen) atoms. The van der Waals surface area contributed by atoms with Crippen molar-refractivity contribution in [2.24, 2.45) is 0 Å². The Kier molecular flexibility index (Phi) is 6.20. The molecule has 0 atom stereocenters. The molecule has 0 unspecified atom stereocenters. The van der Waals surface area contributed by atoms with Gasteiger partial charge in [0.05, 0.1) is 10.6 Å². The van der Waals surface area contributed by atoms with Crippen molar-refractivity contribution < 1.29 is 9.90 Å². The first-order valence-corrected chi connectivity index (χ1v) is 6.96. The maximum Gasteiger partial charge on any atom is 0.166 e. The number of phenolic OH excluding ortho intramolecular Hbond substituents is 1. The molecule has 0 amide bonds. The van der Waals surface area contributed by atoms with E-state index in [0.29, 0.717) is 12.0 Å². The van der Waals surface area contributed by atoms with Gasteiger partial charge in [-0.05, 0) is 31.0 Å². The topological polar surface area (TPSA) is 37.3 Å². The molecule has 0 saturated heterocycles. The van der Waals surface area contributed by atoms with Gasteiger partial charge in [-0.1, -0.05) is 44.2 Å². The van der Waals surface area contributed by atoms with Gasteiger partial charge in [-0.15, -0.1) is 0 Å². The number of aryl methyl sites for hydroxylation is 1. The van der Waals surface area contributed by atoms with Crippen molar-refractivity contribution in [3.63, 3.8) is 0 Å². The van der Waals surface area contributed by atoms with E-state index in [-0.39, 0.29) is 16.6 Å². The zero-order valence-corrected chi connectivity index (χ0v) is 11.9. The number of benzene rings is 1. The summed E-state index contributed by atoms with van der Waals surface area (Å²) in [4.78, 5) is 12.0. The molecule has 0 aliphatic carbocycles. The predicted molar refractivity (Wildman–Crippen MR) is 75.6 cm³/mol. The fraction of sp³-hybridized carbons (Fsp3) is 0.533. The Morgan fingerprint density at radius 3 is 2.56 bits per heavy atom. The molecule has 0 aliphatic rings. The molecular formula is C15H21ClO2. The lowest BCUT2D eigenvalue weighted by Crippen LogP contribution is -2.00. The summed E-state index contributed by atoms with van der Waals surface area (Å²) in [7, 11) is 0. The average Bonchev–Trinajstić information content (AvgIpc) is 2.33. The van der Waals surface area contributed by atoms with Gasteiger partial charge >= 0.3 is 0 Å². The molecule has 0 heterocycles. The molecule has 0 aromatic heterocycles. The molecule has 2 nitrogen and oxygen atoms in total. The monoisotopic (exact) mass is 268 g/mol. The number of unbranched alkanes of at least 4 members (excludes halogenated alkanes) is 4. The van der Waals surface area contributed by atoms with Crippen molar-refractivity contribution in [2.75, 3.05) is 0 Å². The maximum absolute atomic E-state index is 12.0. The maximum atomic E-state index is 12.0. The fourth-order valence-corrected chi connectivity index (χ4v) is 2.24. The summed E-state index contributed by atoms with van der Waals surface area (Å²) in [6.45, 7) is 4.03. The van der Waals surface area contributed by atoms with E-state index in [1.54, 1.807) is 12.1 Å². The van der Waals surface area contributed by atoms with Gasteiger partial charge in [-0.3, -0.25) is 4.79 Å². The predicted octanol–water partition coefficient (Wildman–Crippen LogP) is 4.90. The lowest BCUT2D eigenvalue weighted by Gasteiger charge is -2.07. The first kappa shape index (κ1) is 15.0. The van der Waals surface area contributed by atoms with Crippen molar-refractivity contribution in [3.8, 4) is 5.75 Å². The minimum absolute atomic E-state index is 0.0189. The number of aromatic hydroxyl groups is 1. The second-order valence-corrected chi connectivity index (χ2v) is 5.14. The number of phenols is 1. The van der Waals surface area contributed by atoms with Gasteiger partial charge < -0.3 is 5.11 Å². The number of carbonyl (C=O) groups is 1. The number of hydrogen-bond donors (Lipinski definition) is 1. The smallest absolute Gasteiger partial charge is 0.166 e. The van der Waals surface area contributed by atoms with Crippen LogP contribution in [-0.4, -0.2) is 10.9 Å². The van der Waals surface area contributed by atoms with Crippen LogP contribution < -0.4 is 0 Å². The third-order valence-electron chi connectivity index (χ3n) is 3.02. The minimum Gasteiger partial charge on any atom is -0.506 e. The Bertz CT molecular complexity index is 413. The van der Waals surface area contributed by atoms with E-state index in [4.69, 9.17) is 11.6 Å². The Hall–Kier alpha value is -1.02. The third-order valence-corrected chi connectivity index (χ3v) is 3.30. The molecule has 3 heteroatoms. The zero-order valence-electron chi connectivity index (χ0n) is 11.1. The summed E-state index contributed by atoms with van der Waals surface area (Å²) in [5, 5.41) is 10.0. The van der Waals surface area contributed by atoms with Gasteiger partial charge in [0.15, 0.2) is 5.78 Å². The highest BCUT2D eigenvalue weighted by molar-refractivity contribution is 6.32. The Morgan fingerprint density at radius 2 is 1.89 bits per heavy atom. The molecule has 0 fully saturated rings. The number of rotatable bonds is 7. The van der Waals surface area contributed by atoms with Crippen LogP contribution in [-0.2, 0) is 0 Å². The summed E-state index contributed by atoms with van der Waals surface area (Å²) in [6, 6.07) is 3.37. The summed E-state index contributed by atoms with van der Waals surface area (Å²) in [5.41, 5.74) is 1.25. The molecule has 0 aliphatic heterocycles. The normalized spacial score (nSPS) is 10.6. The molecule has 0 saturated carbocycles. The summed E-state index contributed by atoms with van der Waals surface area (Å²) in [5.74, 6) is -0.101. The lowest BCUT2D eigenvalue weighted by molar-refractivity contribution is 0.0976. The van der Waals surface area contributed by atoms with Crippen LogP contribution in [0.1, 0.15) is 61.4 Å². The Balaban J connectivity index is 2.56. The second-order valence-electron chi connectivity index (χ2n) is 4.73. The van der Waals surface area contributed by atoms with Crippen molar-refractivity contribution in [3.05, 3.63) is 28.3 Å². The molecule has 100 valence electrons. The van der Waals surface area contributed by atoms with Crippen LogP contribution in [0.4, 0.5) is 0 Å². The first-order chi connectivity index (χ1) is 8.56. The number of Topliss-reactive ketones (excluding diaryl/α,β-unsaturated/α-hetero) is 1. The largest absolute Gasteiger partial charge is 0.506 e. The molecule has 1 aromatic rings. The van der Waals surface area contributed by atoms with Crippen LogP contribution >= 0.6 is 11.6 Å². The minimum atomic E-state index is -0.0826. The molecule has 1 rings (SSSR count). The zero-order chi connectivity index (χ0) is 13.5. The third kappa shape index (κ3) is 4.34. The van der Waals surface area contributed by atoms with Crippen LogP contribution in [0, 0.1) is 6.92 Å². The Morgan fingerprint density at radius 1 is 1.22 bits per heavy atom. The molecule has 0 bridgehead atoms. The van der Waals surface area contributed by atoms with E-state index in [2.05, 4.69) is 6.92 Å². The molecule has 1 N–H and O–H groups in total. The van der Waals surface area contributed by atoms with E-state index < -0.39 is 0 Å². The van der Waals surface area contributed by atoms with Crippen LogP contribution in [0.3, 0.4) is 0 Å². The van der Waals surface area contributed by atoms with Gasteiger partial charge in [0.2, 0.25) is 0 Å². The van der Waals surface area contributed by atoms with Crippen molar-refractivity contribution >= 4 is 17.4 Å². The number of ketones is 1. The van der Waals surface area contributed by atoms with Gasteiger partial charge in [0.1, 0.15) is 5.75 Å². The number of halogens is 1. The fourth-order valence-electron chi connectivity index (χ4n) is 1.97. The first-order valence-electron chi connectivity index (χ1n) is 6.58. The standard InChI is InChI=1S/C15H21ClO2/c1-3-4-5-6-7-8-14(17)12-9-11(2)10-13(16)15(12)18/h9-10,18H,3-8H2,1-2H3. The summed E-state index contributed by atoms with van der Waals surface area (Å²) >= 11 is 5.86. The van der Waals surface area contributed by atoms with Crippen LogP contribution in [0.2, 0.25) is 5.02 Å². The van der Waals surface area contributed by atoms with Gasteiger partial charge in [-0.2, -0.15) is 0 Å². The van der Waals surface area contributed by atoms with E-state index in [9.17, 15) is 9.90 Å². The lowest BCUT2D eigenvalue weighted by atomic mass is 10.0. The highest BCUT2D eigenvalue weighted by Gasteiger charge is 2.14. The van der Waals surface area contributed by atoms with Crippen molar-refractivity contribution in [1.82, 2.24) is 0 Å². The van der Waals surface area contributed by atoms with Crippen molar-refractivity contribution in [1.29, 1.82) is 0 Å². The van der Waals surface area contributed by atoms with Crippen LogP contribution in [0.25, 0.3) is 0 Å². The second kappa shape index (κ2) is 7.42. The van der Waals surface area contributed by atoms with E-state index in [1.807, 2.05) is 6.92 Å². The summed E-state index contributed by atoms with van der Waals surface area (Å²) < 4.78 is 0. The van der Waals surface area contributed by atoms with Gasteiger partial charge in [0.25, 0.3) is 0 Å². The Labute approximate surface area is 114 Å². The number of hydrogen-bond acceptors (Lipinski definition) is 2. The molecule has 0 radical (unpaired) electrons. The van der Waals surface area contributed by atoms with Crippen LogP contribution in [0.5, 0.6) is 5.75 Å². The van der Waals surface area contributed by atoms with E-state index in [0.717, 1.165) is 18.4 Å². The molecule has 1 aromatic carbocycles. The van der Waals surface area contributed by atoms with Gasteiger partial charge in [0, 0.05) is 6.42 Å². The van der Waals surface area contributed by atoms with Gasteiger partial charge in [-0.25, -0.2) is 0 Å². The molecular weight excluding hydrogens is 248 g/mol. The quantitative estimate of drug-likeness (QED) is 0.564. The highest BCUT2D eigenvalue weighted by Crippen LogP contribution is 2.30. The van der Waals surface area contributed by atoms with Crippen LogP contribution in [0.15, 0.2) is 12.1 Å².